The van der Waals surface area contributed by atoms with E-state index in [2.05, 4.69) is 10.1 Å². The zero-order chi connectivity index (χ0) is 20.8. The van der Waals surface area contributed by atoms with E-state index >= 15 is 0 Å². The van der Waals surface area contributed by atoms with Crippen LogP contribution in [0.1, 0.15) is 24.4 Å². The molecule has 0 bridgehead atoms. The third-order valence-corrected chi connectivity index (χ3v) is 5.05. The molecule has 29 heavy (non-hydrogen) atoms. The summed E-state index contributed by atoms with van der Waals surface area (Å²) in [5.74, 6) is 1.44. The van der Waals surface area contributed by atoms with Gasteiger partial charge in [-0.25, -0.2) is 0 Å². The van der Waals surface area contributed by atoms with Gasteiger partial charge in [-0.15, -0.1) is 0 Å². The SMILES string of the molecule is COc1ccc(OC)c([C@@H]2CCC[NH+]2CC(=O)Nc2ccc(OC(F)F)cc2)c1. The summed E-state index contributed by atoms with van der Waals surface area (Å²) in [6.07, 6.45) is 1.96. The topological polar surface area (TPSA) is 61.2 Å². The fourth-order valence-electron chi connectivity index (χ4n) is 3.74. The molecule has 0 radical (unpaired) electrons. The minimum Gasteiger partial charge on any atom is -0.497 e. The molecule has 1 amide bonds. The van der Waals surface area contributed by atoms with Crippen LogP contribution in [0.2, 0.25) is 0 Å². The molecule has 2 aromatic rings. The highest BCUT2D eigenvalue weighted by Crippen LogP contribution is 2.31. The molecule has 0 saturated carbocycles. The van der Waals surface area contributed by atoms with E-state index in [-0.39, 0.29) is 17.7 Å². The summed E-state index contributed by atoms with van der Waals surface area (Å²) in [5.41, 5.74) is 1.56. The first-order valence-corrected chi connectivity index (χ1v) is 9.41. The van der Waals surface area contributed by atoms with E-state index in [1.807, 2.05) is 18.2 Å². The highest BCUT2D eigenvalue weighted by Gasteiger charge is 2.34. The Kier molecular flexibility index (Phi) is 6.87. The molecular formula is C21H25F2N2O4+. The molecule has 6 nitrogen and oxygen atoms in total. The Hall–Kier alpha value is -2.87. The van der Waals surface area contributed by atoms with Crippen LogP contribution in [-0.2, 0) is 4.79 Å². The van der Waals surface area contributed by atoms with Gasteiger partial charge < -0.3 is 24.4 Å². The molecule has 2 atom stereocenters. The molecule has 1 heterocycles. The number of quaternary nitrogens is 1. The number of ether oxygens (including phenoxy) is 3. The number of nitrogens with one attached hydrogen (secondary N) is 2. The highest BCUT2D eigenvalue weighted by molar-refractivity contribution is 5.91. The largest absolute Gasteiger partial charge is 0.497 e. The molecule has 1 saturated heterocycles. The third-order valence-electron chi connectivity index (χ3n) is 5.05. The predicted molar refractivity (Wildman–Crippen MR) is 104 cm³/mol. The summed E-state index contributed by atoms with van der Waals surface area (Å²) in [7, 11) is 3.25. The maximum atomic E-state index is 12.5. The first-order valence-electron chi connectivity index (χ1n) is 9.41. The number of hydrogen-bond donors (Lipinski definition) is 2. The number of alkyl halides is 2. The van der Waals surface area contributed by atoms with Gasteiger partial charge in [0.1, 0.15) is 23.3 Å². The van der Waals surface area contributed by atoms with Gasteiger partial charge in [0.05, 0.1) is 26.3 Å². The Morgan fingerprint density at radius 1 is 1.14 bits per heavy atom. The summed E-state index contributed by atoms with van der Waals surface area (Å²) in [4.78, 5) is 13.7. The number of amides is 1. The summed E-state index contributed by atoms with van der Waals surface area (Å²) in [6, 6.07) is 11.7. The van der Waals surface area contributed by atoms with Crippen LogP contribution in [0, 0.1) is 0 Å². The van der Waals surface area contributed by atoms with E-state index in [1.54, 1.807) is 14.2 Å². The van der Waals surface area contributed by atoms with E-state index in [0.29, 0.717) is 12.2 Å². The maximum absolute atomic E-state index is 12.5. The Morgan fingerprint density at radius 3 is 2.52 bits per heavy atom. The molecule has 1 aliphatic rings. The quantitative estimate of drug-likeness (QED) is 0.707. The van der Waals surface area contributed by atoms with Gasteiger partial charge in [0.15, 0.2) is 6.54 Å². The fraction of sp³-hybridized carbons (Fsp3) is 0.381. The smallest absolute Gasteiger partial charge is 0.387 e. The fourth-order valence-corrected chi connectivity index (χ4v) is 3.74. The van der Waals surface area contributed by atoms with E-state index < -0.39 is 6.61 Å². The molecule has 0 spiro atoms. The van der Waals surface area contributed by atoms with Crippen molar-refractivity contribution >= 4 is 11.6 Å². The van der Waals surface area contributed by atoms with Crippen LogP contribution < -0.4 is 24.4 Å². The zero-order valence-corrected chi connectivity index (χ0v) is 16.4. The predicted octanol–water partition coefficient (Wildman–Crippen LogP) is 2.66. The summed E-state index contributed by atoms with van der Waals surface area (Å²) < 4.78 is 39.6. The van der Waals surface area contributed by atoms with Gasteiger partial charge in [0, 0.05) is 18.5 Å². The van der Waals surface area contributed by atoms with Gasteiger partial charge in [-0.2, -0.15) is 8.78 Å². The van der Waals surface area contributed by atoms with Crippen LogP contribution in [0.5, 0.6) is 17.2 Å². The zero-order valence-electron chi connectivity index (χ0n) is 16.4. The van der Waals surface area contributed by atoms with Crippen LogP contribution in [0.3, 0.4) is 0 Å². The van der Waals surface area contributed by atoms with Crippen LogP contribution >= 0.6 is 0 Å². The monoisotopic (exact) mass is 407 g/mol. The molecule has 0 aliphatic carbocycles. The van der Waals surface area contributed by atoms with Crippen LogP contribution in [-0.4, -0.2) is 39.8 Å². The first kappa shape index (κ1) is 20.9. The van der Waals surface area contributed by atoms with Crippen molar-refractivity contribution in [1.82, 2.24) is 0 Å². The lowest BCUT2D eigenvalue weighted by molar-refractivity contribution is -0.910. The summed E-state index contributed by atoms with van der Waals surface area (Å²) in [6.45, 7) is -1.71. The molecule has 1 unspecified atom stereocenters. The van der Waals surface area contributed by atoms with Crippen LogP contribution in [0.25, 0.3) is 0 Å². The molecule has 1 fully saturated rings. The number of rotatable bonds is 8. The molecule has 8 heteroatoms. The van der Waals surface area contributed by atoms with Crippen molar-refractivity contribution in [3.8, 4) is 17.2 Å². The Bertz CT molecular complexity index is 830. The van der Waals surface area contributed by atoms with Crippen molar-refractivity contribution in [2.45, 2.75) is 25.5 Å². The average Bonchev–Trinajstić information content (AvgIpc) is 3.16. The first-order chi connectivity index (χ1) is 14.0. The molecular weight excluding hydrogens is 382 g/mol. The van der Waals surface area contributed by atoms with Gasteiger partial charge in [-0.3, -0.25) is 4.79 Å². The minimum atomic E-state index is -2.88. The van der Waals surface area contributed by atoms with Crippen molar-refractivity contribution in [2.24, 2.45) is 0 Å². The lowest BCUT2D eigenvalue weighted by Gasteiger charge is -2.23. The van der Waals surface area contributed by atoms with Crippen molar-refractivity contribution in [3.63, 3.8) is 0 Å². The number of carbonyl (C=O) groups excluding carboxylic acids is 1. The van der Waals surface area contributed by atoms with E-state index in [9.17, 15) is 13.6 Å². The van der Waals surface area contributed by atoms with Crippen LogP contribution in [0.15, 0.2) is 42.5 Å². The van der Waals surface area contributed by atoms with Crippen molar-refractivity contribution in [2.75, 3.05) is 32.6 Å². The Balaban J connectivity index is 1.65. The number of carbonyl (C=O) groups is 1. The minimum absolute atomic E-state index is 0.0494. The number of halogens is 2. The Labute approximate surface area is 168 Å². The van der Waals surface area contributed by atoms with Gasteiger partial charge in [-0.05, 0) is 42.5 Å². The molecule has 156 valence electrons. The lowest BCUT2D eigenvalue weighted by Crippen LogP contribution is -3.11. The van der Waals surface area contributed by atoms with Gasteiger partial charge in [0.25, 0.3) is 5.91 Å². The number of anilines is 1. The average molecular weight is 407 g/mol. The third kappa shape index (κ3) is 5.35. The van der Waals surface area contributed by atoms with E-state index in [1.165, 1.54) is 24.3 Å². The number of methoxy groups -OCH3 is 2. The van der Waals surface area contributed by atoms with Gasteiger partial charge in [0.2, 0.25) is 0 Å². The lowest BCUT2D eigenvalue weighted by atomic mass is 10.0. The van der Waals surface area contributed by atoms with E-state index in [0.717, 1.165) is 41.3 Å². The van der Waals surface area contributed by atoms with E-state index in [4.69, 9.17) is 9.47 Å². The van der Waals surface area contributed by atoms with Gasteiger partial charge in [-0.1, -0.05) is 0 Å². The normalized spacial score (nSPS) is 18.5. The molecule has 3 rings (SSSR count). The maximum Gasteiger partial charge on any atom is 0.387 e. The van der Waals surface area contributed by atoms with Crippen molar-refractivity contribution in [3.05, 3.63) is 48.0 Å². The second-order valence-corrected chi connectivity index (χ2v) is 6.84. The molecule has 2 aromatic carbocycles. The number of benzene rings is 2. The van der Waals surface area contributed by atoms with Crippen molar-refractivity contribution in [1.29, 1.82) is 0 Å². The molecule has 0 aromatic heterocycles. The molecule has 2 N–H and O–H groups in total. The van der Waals surface area contributed by atoms with Crippen molar-refractivity contribution < 1.29 is 32.7 Å². The number of likely N-dealkylation sites (tertiary alicyclic amines) is 1. The summed E-state index contributed by atoms with van der Waals surface area (Å²) in [5, 5.41) is 2.81. The standard InChI is InChI=1S/C21H24F2N2O4/c1-27-16-9-10-19(28-2)17(12-16)18-4-3-11-25(18)13-20(26)24-14-5-7-15(8-6-14)29-21(22)23/h5-10,12,18,21H,3-4,11,13H2,1-2H3,(H,24,26)/p+1/t18-/m0/s1. The molecule has 1 aliphatic heterocycles. The van der Waals surface area contributed by atoms with Crippen LogP contribution in [0.4, 0.5) is 14.5 Å². The summed E-state index contributed by atoms with van der Waals surface area (Å²) >= 11 is 0. The highest BCUT2D eigenvalue weighted by atomic mass is 19.3. The second kappa shape index (κ2) is 9.56. The Morgan fingerprint density at radius 2 is 1.86 bits per heavy atom. The van der Waals surface area contributed by atoms with Gasteiger partial charge >= 0.3 is 6.61 Å². The number of hydrogen-bond acceptors (Lipinski definition) is 4. The second-order valence-electron chi connectivity index (χ2n) is 6.84.